The van der Waals surface area contributed by atoms with E-state index >= 15 is 0 Å². The number of benzene rings is 2. The maximum atomic E-state index is 12.7. The second kappa shape index (κ2) is 6.72. The number of hydrogen-bond donors (Lipinski definition) is 1. The van der Waals surface area contributed by atoms with E-state index < -0.39 is 0 Å². The molecule has 2 aromatic rings. The van der Waals surface area contributed by atoms with Crippen molar-refractivity contribution in [2.45, 2.75) is 6.92 Å². The highest BCUT2D eigenvalue weighted by Crippen LogP contribution is 2.38. The molecule has 6 heteroatoms. The minimum Gasteiger partial charge on any atom is -0.454 e. The van der Waals surface area contributed by atoms with Crippen LogP contribution in [-0.4, -0.2) is 32.1 Å². The zero-order chi connectivity index (χ0) is 17.1. The van der Waals surface area contributed by atoms with Gasteiger partial charge in [0.2, 0.25) is 5.91 Å². The first kappa shape index (κ1) is 16.0. The number of rotatable bonds is 4. The average molecular weight is 326 g/mol. The van der Waals surface area contributed by atoms with E-state index in [-0.39, 0.29) is 18.4 Å². The SMILES string of the molecule is CCOCC(=O)Nc1ccc2c(c1)C(=O)N(C)c1ccccc1O2. The smallest absolute Gasteiger partial charge is 0.261 e. The fourth-order valence-corrected chi connectivity index (χ4v) is 2.48. The fourth-order valence-electron chi connectivity index (χ4n) is 2.48. The number of anilines is 2. The molecule has 0 saturated carbocycles. The van der Waals surface area contributed by atoms with Gasteiger partial charge in [0.1, 0.15) is 12.4 Å². The number of fused-ring (bicyclic) bond motifs is 2. The molecule has 1 aliphatic heterocycles. The topological polar surface area (TPSA) is 67.9 Å². The summed E-state index contributed by atoms with van der Waals surface area (Å²) in [6, 6.07) is 12.3. The number of amides is 2. The Labute approximate surface area is 140 Å². The highest BCUT2D eigenvalue weighted by atomic mass is 16.5. The molecule has 0 atom stereocenters. The third-order valence-corrected chi connectivity index (χ3v) is 3.68. The summed E-state index contributed by atoms with van der Waals surface area (Å²) in [5.41, 5.74) is 1.61. The van der Waals surface area contributed by atoms with Gasteiger partial charge >= 0.3 is 0 Å². The van der Waals surface area contributed by atoms with Crippen molar-refractivity contribution in [3.63, 3.8) is 0 Å². The largest absolute Gasteiger partial charge is 0.454 e. The Bertz CT molecular complexity index is 788. The summed E-state index contributed by atoms with van der Waals surface area (Å²) in [5.74, 6) is 0.603. The normalized spacial score (nSPS) is 12.8. The van der Waals surface area contributed by atoms with E-state index in [1.807, 2.05) is 31.2 Å². The molecular weight excluding hydrogens is 308 g/mol. The van der Waals surface area contributed by atoms with Crippen molar-refractivity contribution in [3.05, 3.63) is 48.0 Å². The number of nitrogens with zero attached hydrogens (tertiary/aromatic N) is 1. The van der Waals surface area contributed by atoms with E-state index in [0.29, 0.717) is 35.0 Å². The highest BCUT2D eigenvalue weighted by molar-refractivity contribution is 6.10. The molecular formula is C18H18N2O4. The summed E-state index contributed by atoms with van der Waals surface area (Å²) in [7, 11) is 1.69. The molecule has 0 spiro atoms. The van der Waals surface area contributed by atoms with Crippen molar-refractivity contribution in [3.8, 4) is 11.5 Å². The number of ether oxygens (including phenoxy) is 2. The first-order valence-electron chi connectivity index (χ1n) is 7.66. The monoisotopic (exact) mass is 326 g/mol. The Hall–Kier alpha value is -2.86. The Morgan fingerprint density at radius 2 is 2.00 bits per heavy atom. The molecule has 3 rings (SSSR count). The molecule has 0 saturated heterocycles. The van der Waals surface area contributed by atoms with Crippen molar-refractivity contribution in [2.75, 3.05) is 30.5 Å². The van der Waals surface area contributed by atoms with E-state index in [2.05, 4.69) is 5.32 Å². The summed E-state index contributed by atoms with van der Waals surface area (Å²) in [4.78, 5) is 26.0. The van der Waals surface area contributed by atoms with Gasteiger partial charge in [-0.05, 0) is 37.3 Å². The predicted molar refractivity (Wildman–Crippen MR) is 90.8 cm³/mol. The molecule has 0 aromatic heterocycles. The first-order chi connectivity index (χ1) is 11.6. The predicted octanol–water partition coefficient (Wildman–Crippen LogP) is 3.04. The van der Waals surface area contributed by atoms with Crippen LogP contribution in [0, 0.1) is 0 Å². The molecule has 0 bridgehead atoms. The van der Waals surface area contributed by atoms with Crippen molar-refractivity contribution < 1.29 is 19.1 Å². The first-order valence-corrected chi connectivity index (χ1v) is 7.66. The molecule has 0 unspecified atom stereocenters. The van der Waals surface area contributed by atoms with Gasteiger partial charge in [-0.2, -0.15) is 0 Å². The minimum atomic E-state index is -0.268. The Balaban J connectivity index is 1.90. The lowest BCUT2D eigenvalue weighted by Gasteiger charge is -2.16. The second-order valence-corrected chi connectivity index (χ2v) is 5.33. The summed E-state index contributed by atoms with van der Waals surface area (Å²) < 4.78 is 10.9. The number of para-hydroxylation sites is 2. The van der Waals surface area contributed by atoms with Gasteiger partial charge in [-0.1, -0.05) is 12.1 Å². The van der Waals surface area contributed by atoms with Gasteiger partial charge in [-0.3, -0.25) is 9.59 Å². The van der Waals surface area contributed by atoms with Gasteiger partial charge in [0.15, 0.2) is 5.75 Å². The van der Waals surface area contributed by atoms with Crippen molar-refractivity contribution in [1.82, 2.24) is 0 Å². The van der Waals surface area contributed by atoms with E-state index in [1.54, 1.807) is 25.2 Å². The van der Waals surface area contributed by atoms with Crippen LogP contribution in [0.2, 0.25) is 0 Å². The van der Waals surface area contributed by atoms with Crippen LogP contribution in [0.1, 0.15) is 17.3 Å². The number of carbonyl (C=O) groups excluding carboxylic acids is 2. The highest BCUT2D eigenvalue weighted by Gasteiger charge is 2.25. The summed E-state index contributed by atoms with van der Waals surface area (Å²) in [6.45, 7) is 2.26. The maximum absolute atomic E-state index is 12.7. The standard InChI is InChI=1S/C18H18N2O4/c1-3-23-11-17(21)19-12-8-9-15-13(10-12)18(22)20(2)14-6-4-5-7-16(14)24-15/h4-10H,3,11H2,1-2H3,(H,19,21). The molecule has 1 aliphatic rings. The summed E-state index contributed by atoms with van der Waals surface area (Å²) in [5, 5.41) is 2.71. The van der Waals surface area contributed by atoms with Crippen LogP contribution in [-0.2, 0) is 9.53 Å². The quantitative estimate of drug-likeness (QED) is 0.938. The Morgan fingerprint density at radius 1 is 1.21 bits per heavy atom. The number of carbonyl (C=O) groups is 2. The van der Waals surface area contributed by atoms with Crippen LogP contribution in [0.25, 0.3) is 0 Å². The van der Waals surface area contributed by atoms with Gasteiger partial charge in [0.25, 0.3) is 5.91 Å². The molecule has 1 N–H and O–H groups in total. The van der Waals surface area contributed by atoms with Crippen LogP contribution in [0.4, 0.5) is 11.4 Å². The second-order valence-electron chi connectivity index (χ2n) is 5.33. The lowest BCUT2D eigenvalue weighted by molar-refractivity contribution is -0.120. The zero-order valence-corrected chi connectivity index (χ0v) is 13.5. The van der Waals surface area contributed by atoms with Gasteiger partial charge in [0, 0.05) is 19.3 Å². The molecule has 2 amide bonds. The van der Waals surface area contributed by atoms with Crippen LogP contribution < -0.4 is 15.0 Å². The fraction of sp³-hybridized carbons (Fsp3) is 0.222. The lowest BCUT2D eigenvalue weighted by Crippen LogP contribution is -2.25. The summed E-state index contributed by atoms with van der Waals surface area (Å²) in [6.07, 6.45) is 0. The maximum Gasteiger partial charge on any atom is 0.261 e. The lowest BCUT2D eigenvalue weighted by atomic mass is 10.1. The van der Waals surface area contributed by atoms with Crippen LogP contribution in [0.5, 0.6) is 11.5 Å². The Morgan fingerprint density at radius 3 is 2.79 bits per heavy atom. The van der Waals surface area contributed by atoms with Gasteiger partial charge in [0.05, 0.1) is 11.3 Å². The molecule has 124 valence electrons. The molecule has 0 radical (unpaired) electrons. The molecule has 1 heterocycles. The number of nitrogens with one attached hydrogen (secondary N) is 1. The van der Waals surface area contributed by atoms with Crippen molar-refractivity contribution in [2.24, 2.45) is 0 Å². The molecule has 2 aromatic carbocycles. The van der Waals surface area contributed by atoms with Crippen LogP contribution in [0.3, 0.4) is 0 Å². The minimum absolute atomic E-state index is 0.0244. The van der Waals surface area contributed by atoms with E-state index in [1.165, 1.54) is 4.90 Å². The average Bonchev–Trinajstić information content (AvgIpc) is 2.69. The zero-order valence-electron chi connectivity index (χ0n) is 13.5. The van der Waals surface area contributed by atoms with Crippen LogP contribution >= 0.6 is 0 Å². The molecule has 24 heavy (non-hydrogen) atoms. The van der Waals surface area contributed by atoms with E-state index in [4.69, 9.17) is 9.47 Å². The number of hydrogen-bond acceptors (Lipinski definition) is 4. The third-order valence-electron chi connectivity index (χ3n) is 3.68. The van der Waals surface area contributed by atoms with Crippen LogP contribution in [0.15, 0.2) is 42.5 Å². The van der Waals surface area contributed by atoms with E-state index in [0.717, 1.165) is 0 Å². The third kappa shape index (κ3) is 3.09. The van der Waals surface area contributed by atoms with Crippen molar-refractivity contribution >= 4 is 23.2 Å². The van der Waals surface area contributed by atoms with Gasteiger partial charge in [-0.25, -0.2) is 0 Å². The molecule has 6 nitrogen and oxygen atoms in total. The van der Waals surface area contributed by atoms with Crippen molar-refractivity contribution in [1.29, 1.82) is 0 Å². The van der Waals surface area contributed by atoms with Gasteiger partial charge in [-0.15, -0.1) is 0 Å². The molecule has 0 aliphatic carbocycles. The Kier molecular flexibility index (Phi) is 4.48. The molecule has 0 fully saturated rings. The van der Waals surface area contributed by atoms with Gasteiger partial charge < -0.3 is 19.7 Å². The van der Waals surface area contributed by atoms with E-state index in [9.17, 15) is 9.59 Å². The summed E-state index contributed by atoms with van der Waals surface area (Å²) >= 11 is 0.